The molecule has 0 aromatic carbocycles. The van der Waals surface area contributed by atoms with Crippen molar-refractivity contribution < 1.29 is 4.74 Å². The minimum atomic E-state index is 0.323. The van der Waals surface area contributed by atoms with Crippen LogP contribution in [-0.2, 0) is 18.3 Å². The minimum Gasteiger partial charge on any atom is -0.373 e. The number of aromatic nitrogens is 3. The van der Waals surface area contributed by atoms with E-state index in [1.165, 1.54) is 5.56 Å². The highest BCUT2D eigenvalue weighted by Crippen LogP contribution is 2.20. The zero-order valence-corrected chi connectivity index (χ0v) is 14.8. The molecule has 0 saturated carbocycles. The Morgan fingerprint density at radius 1 is 1.29 bits per heavy atom. The molecule has 0 unspecified atom stereocenters. The van der Waals surface area contributed by atoms with E-state index >= 15 is 0 Å². The van der Waals surface area contributed by atoms with Gasteiger partial charge in [0.1, 0.15) is 0 Å². The zero-order valence-electron chi connectivity index (χ0n) is 14.8. The molecule has 3 rings (SSSR count). The minimum absolute atomic E-state index is 0.323. The fraction of sp³-hybridized carbons (Fsp3) is 0.556. The molecule has 130 valence electrons. The van der Waals surface area contributed by atoms with E-state index in [-0.39, 0.29) is 0 Å². The fourth-order valence-electron chi connectivity index (χ4n) is 3.34. The van der Waals surface area contributed by atoms with E-state index in [0.717, 1.165) is 44.0 Å². The Hall–Kier alpha value is -1.76. The average Bonchev–Trinajstić information content (AvgIpc) is 2.92. The Morgan fingerprint density at radius 3 is 2.79 bits per heavy atom. The molecule has 1 fully saturated rings. The number of ether oxygens (including phenoxy) is 1. The highest BCUT2D eigenvalue weighted by molar-refractivity contribution is 5.61. The number of aryl methyl sites for hydroxylation is 1. The molecule has 6 heteroatoms. The zero-order chi connectivity index (χ0) is 16.9. The van der Waals surface area contributed by atoms with Gasteiger partial charge in [-0.25, -0.2) is 0 Å². The van der Waals surface area contributed by atoms with E-state index in [1.807, 2.05) is 24.0 Å². The Labute approximate surface area is 143 Å². The predicted octanol–water partition coefficient (Wildman–Crippen LogP) is 1.68. The summed E-state index contributed by atoms with van der Waals surface area (Å²) in [7, 11) is 1.96. The van der Waals surface area contributed by atoms with Crippen LogP contribution in [0.4, 0.5) is 0 Å². The molecule has 0 aliphatic carbocycles. The standard InChI is InChI=1S/C18H27N5O/c1-14-11-23(12-15(2)24-14)8-7-20-10-17-13-22(3)21-18(17)16-5-4-6-19-9-16/h4-6,9,13-15,20H,7-8,10-12H2,1-3H3/t14-,15-/m1/s1. The van der Waals surface area contributed by atoms with Crippen LogP contribution in [0.25, 0.3) is 11.3 Å². The normalized spacial score (nSPS) is 22.0. The molecule has 3 heterocycles. The van der Waals surface area contributed by atoms with Crippen molar-refractivity contribution in [3.63, 3.8) is 0 Å². The average molecular weight is 329 g/mol. The first-order valence-electron chi connectivity index (χ1n) is 8.63. The molecule has 1 saturated heterocycles. The highest BCUT2D eigenvalue weighted by Gasteiger charge is 2.21. The number of rotatable bonds is 6. The van der Waals surface area contributed by atoms with Crippen LogP contribution in [0.5, 0.6) is 0 Å². The third-order valence-corrected chi connectivity index (χ3v) is 4.26. The lowest BCUT2D eigenvalue weighted by molar-refractivity contribution is -0.0674. The quantitative estimate of drug-likeness (QED) is 0.817. The van der Waals surface area contributed by atoms with Crippen molar-refractivity contribution >= 4 is 0 Å². The summed E-state index contributed by atoms with van der Waals surface area (Å²) in [5.41, 5.74) is 3.27. The smallest absolute Gasteiger partial charge is 0.0983 e. The fourth-order valence-corrected chi connectivity index (χ4v) is 3.34. The van der Waals surface area contributed by atoms with Crippen LogP contribution in [0, 0.1) is 0 Å². The van der Waals surface area contributed by atoms with Gasteiger partial charge in [0.15, 0.2) is 0 Å². The van der Waals surface area contributed by atoms with Gasteiger partial charge in [-0.2, -0.15) is 5.10 Å². The number of nitrogens with zero attached hydrogens (tertiary/aromatic N) is 4. The lowest BCUT2D eigenvalue weighted by atomic mass is 10.1. The van der Waals surface area contributed by atoms with Crippen molar-refractivity contribution in [2.45, 2.75) is 32.6 Å². The first-order chi connectivity index (χ1) is 11.6. The number of pyridine rings is 1. The molecular weight excluding hydrogens is 302 g/mol. The predicted molar refractivity (Wildman–Crippen MR) is 94.6 cm³/mol. The van der Waals surface area contributed by atoms with Gasteiger partial charge in [0.05, 0.1) is 17.9 Å². The van der Waals surface area contributed by atoms with Crippen LogP contribution in [0.2, 0.25) is 0 Å². The van der Waals surface area contributed by atoms with Crippen molar-refractivity contribution in [3.8, 4) is 11.3 Å². The largest absolute Gasteiger partial charge is 0.373 e. The van der Waals surface area contributed by atoms with Gasteiger partial charge in [0.25, 0.3) is 0 Å². The number of hydrogen-bond acceptors (Lipinski definition) is 5. The first kappa shape index (κ1) is 17.1. The maximum Gasteiger partial charge on any atom is 0.0983 e. The van der Waals surface area contributed by atoms with E-state index in [1.54, 1.807) is 6.20 Å². The van der Waals surface area contributed by atoms with Gasteiger partial charge in [0.2, 0.25) is 0 Å². The van der Waals surface area contributed by atoms with Gasteiger partial charge in [-0.3, -0.25) is 14.6 Å². The maximum atomic E-state index is 5.78. The van der Waals surface area contributed by atoms with Crippen molar-refractivity contribution in [3.05, 3.63) is 36.3 Å². The Morgan fingerprint density at radius 2 is 2.08 bits per heavy atom. The van der Waals surface area contributed by atoms with E-state index in [2.05, 4.69) is 46.4 Å². The molecule has 2 atom stereocenters. The molecule has 1 N–H and O–H groups in total. The first-order valence-corrected chi connectivity index (χ1v) is 8.63. The van der Waals surface area contributed by atoms with E-state index in [0.29, 0.717) is 12.2 Å². The summed E-state index contributed by atoms with van der Waals surface area (Å²) >= 11 is 0. The topological polar surface area (TPSA) is 55.2 Å². The molecule has 0 radical (unpaired) electrons. The van der Waals surface area contributed by atoms with Crippen LogP contribution < -0.4 is 5.32 Å². The molecule has 2 aromatic rings. The van der Waals surface area contributed by atoms with Crippen molar-refractivity contribution in [1.82, 2.24) is 25.0 Å². The van der Waals surface area contributed by atoms with Crippen molar-refractivity contribution in [1.29, 1.82) is 0 Å². The molecule has 0 spiro atoms. The van der Waals surface area contributed by atoms with Crippen molar-refractivity contribution in [2.24, 2.45) is 7.05 Å². The Kier molecular flexibility index (Phi) is 5.60. The summed E-state index contributed by atoms with van der Waals surface area (Å²) in [6.45, 7) is 9.13. The summed E-state index contributed by atoms with van der Waals surface area (Å²) in [6, 6.07) is 4.00. The summed E-state index contributed by atoms with van der Waals surface area (Å²) < 4.78 is 7.65. The molecule has 0 amide bonds. The number of hydrogen-bond donors (Lipinski definition) is 1. The third kappa shape index (κ3) is 4.41. The lowest BCUT2D eigenvalue weighted by Gasteiger charge is -2.35. The molecule has 0 bridgehead atoms. The van der Waals surface area contributed by atoms with Crippen molar-refractivity contribution in [2.75, 3.05) is 26.2 Å². The van der Waals surface area contributed by atoms with E-state index in [4.69, 9.17) is 4.74 Å². The second-order valence-electron chi connectivity index (χ2n) is 6.61. The maximum absolute atomic E-state index is 5.78. The molecule has 2 aromatic heterocycles. The van der Waals surface area contributed by atoms with Gasteiger partial charge in [-0.1, -0.05) is 0 Å². The van der Waals surface area contributed by atoms with Gasteiger partial charge in [-0.15, -0.1) is 0 Å². The summed E-state index contributed by atoms with van der Waals surface area (Å²) in [5, 5.41) is 8.12. The van der Waals surface area contributed by atoms with Crippen LogP contribution in [0.3, 0.4) is 0 Å². The molecule has 6 nitrogen and oxygen atoms in total. The second kappa shape index (κ2) is 7.88. The second-order valence-corrected chi connectivity index (χ2v) is 6.61. The van der Waals surface area contributed by atoms with Crippen LogP contribution in [-0.4, -0.2) is 58.1 Å². The summed E-state index contributed by atoms with van der Waals surface area (Å²) in [6.07, 6.45) is 6.37. The molecule has 24 heavy (non-hydrogen) atoms. The van der Waals surface area contributed by atoms with E-state index < -0.39 is 0 Å². The highest BCUT2D eigenvalue weighted by atomic mass is 16.5. The van der Waals surface area contributed by atoms with E-state index in [9.17, 15) is 0 Å². The van der Waals surface area contributed by atoms with Gasteiger partial charge >= 0.3 is 0 Å². The Balaban J connectivity index is 1.52. The SMILES string of the molecule is C[C@@H]1CN(CCNCc2cn(C)nc2-c2cccnc2)C[C@@H](C)O1. The molecule has 1 aliphatic rings. The van der Waals surface area contributed by atoms with Gasteiger partial charge in [-0.05, 0) is 26.0 Å². The molecule has 1 aliphatic heterocycles. The Bertz CT molecular complexity index is 632. The summed E-state index contributed by atoms with van der Waals surface area (Å²) in [4.78, 5) is 6.66. The van der Waals surface area contributed by atoms with Crippen LogP contribution in [0.1, 0.15) is 19.4 Å². The van der Waals surface area contributed by atoms with Crippen LogP contribution in [0.15, 0.2) is 30.7 Å². The monoisotopic (exact) mass is 329 g/mol. The summed E-state index contributed by atoms with van der Waals surface area (Å²) in [5.74, 6) is 0. The molecular formula is C18H27N5O. The van der Waals surface area contributed by atoms with Gasteiger partial charge in [0, 0.05) is 69.5 Å². The van der Waals surface area contributed by atoms with Gasteiger partial charge < -0.3 is 10.1 Å². The third-order valence-electron chi connectivity index (χ3n) is 4.26. The number of morpholine rings is 1. The number of nitrogens with one attached hydrogen (secondary N) is 1. The lowest BCUT2D eigenvalue weighted by Crippen LogP contribution is -2.47. The van der Waals surface area contributed by atoms with Crippen LogP contribution >= 0.6 is 0 Å².